The Balaban J connectivity index is 2.28. The van der Waals surface area contributed by atoms with Crippen molar-refractivity contribution in [1.29, 1.82) is 5.26 Å². The molecule has 0 spiro atoms. The molecule has 2 atom stereocenters. The van der Waals surface area contributed by atoms with Gasteiger partial charge in [-0.25, -0.2) is 0 Å². The lowest BCUT2D eigenvalue weighted by Gasteiger charge is -2.01. The topological polar surface area (TPSA) is 61.1 Å². The number of benzene rings is 1. The van der Waals surface area contributed by atoms with E-state index >= 15 is 0 Å². The van der Waals surface area contributed by atoms with E-state index in [1.165, 1.54) is 0 Å². The minimum Gasteiger partial charge on any atom is -0.480 e. The minimum atomic E-state index is -1.17. The second-order valence-corrected chi connectivity index (χ2v) is 3.56. The van der Waals surface area contributed by atoms with Gasteiger partial charge in [-0.15, -0.1) is 0 Å². The highest BCUT2D eigenvalue weighted by Gasteiger charge is 2.62. The maximum absolute atomic E-state index is 10.9. The van der Waals surface area contributed by atoms with Gasteiger partial charge in [-0.1, -0.05) is 30.3 Å². The van der Waals surface area contributed by atoms with Gasteiger partial charge in [-0.05, 0) is 12.0 Å². The summed E-state index contributed by atoms with van der Waals surface area (Å²) in [5.74, 6) is -1.14. The molecule has 70 valence electrons. The Labute approximate surface area is 81.6 Å². The number of aliphatic carboxylic acids is 1. The highest BCUT2D eigenvalue weighted by atomic mass is 16.4. The van der Waals surface area contributed by atoms with E-state index in [1.807, 2.05) is 36.4 Å². The minimum absolute atomic E-state index is 0.133. The van der Waals surface area contributed by atoms with Gasteiger partial charge in [-0.3, -0.25) is 4.79 Å². The maximum atomic E-state index is 10.9. The molecule has 2 rings (SSSR count). The SMILES string of the molecule is N#CC1(C(=O)O)CC1c1ccccc1. The number of nitriles is 1. The van der Waals surface area contributed by atoms with Crippen LogP contribution in [0.1, 0.15) is 17.9 Å². The molecule has 3 heteroatoms. The average molecular weight is 187 g/mol. The van der Waals surface area contributed by atoms with Crippen LogP contribution in [-0.2, 0) is 4.79 Å². The molecule has 1 aliphatic rings. The standard InChI is InChI=1S/C11H9NO2/c12-7-11(10(13)14)6-9(11)8-4-2-1-3-5-8/h1-5,9H,6H2,(H,13,14). The molecular weight excluding hydrogens is 178 g/mol. The summed E-state index contributed by atoms with van der Waals surface area (Å²) in [5, 5.41) is 17.7. The highest BCUT2D eigenvalue weighted by molar-refractivity contribution is 5.84. The van der Waals surface area contributed by atoms with Crippen LogP contribution in [0, 0.1) is 16.7 Å². The number of carbonyl (C=O) groups is 1. The van der Waals surface area contributed by atoms with Crippen LogP contribution in [0.4, 0.5) is 0 Å². The third-order valence-electron chi connectivity index (χ3n) is 2.74. The molecule has 0 heterocycles. The molecule has 1 aliphatic carbocycles. The summed E-state index contributed by atoms with van der Waals surface area (Å²) in [6.45, 7) is 0. The van der Waals surface area contributed by atoms with Crippen LogP contribution in [0.15, 0.2) is 30.3 Å². The van der Waals surface area contributed by atoms with Crippen LogP contribution in [-0.4, -0.2) is 11.1 Å². The fourth-order valence-electron chi connectivity index (χ4n) is 1.76. The van der Waals surface area contributed by atoms with Crippen molar-refractivity contribution < 1.29 is 9.90 Å². The first kappa shape index (κ1) is 8.76. The van der Waals surface area contributed by atoms with E-state index in [9.17, 15) is 4.79 Å². The number of hydrogen-bond donors (Lipinski definition) is 1. The van der Waals surface area contributed by atoms with Crippen molar-refractivity contribution in [3.05, 3.63) is 35.9 Å². The molecule has 2 unspecified atom stereocenters. The van der Waals surface area contributed by atoms with Crippen LogP contribution < -0.4 is 0 Å². The smallest absolute Gasteiger partial charge is 0.324 e. The summed E-state index contributed by atoms with van der Waals surface area (Å²) in [6, 6.07) is 11.2. The summed E-state index contributed by atoms with van der Waals surface area (Å²) in [4.78, 5) is 10.9. The van der Waals surface area contributed by atoms with Gasteiger partial charge >= 0.3 is 5.97 Å². The van der Waals surface area contributed by atoms with Crippen molar-refractivity contribution in [3.63, 3.8) is 0 Å². The van der Waals surface area contributed by atoms with E-state index in [4.69, 9.17) is 10.4 Å². The third kappa shape index (κ3) is 1.08. The van der Waals surface area contributed by atoms with Crippen molar-refractivity contribution >= 4 is 5.97 Å². The molecule has 0 amide bonds. The number of carboxylic acids is 1. The molecule has 14 heavy (non-hydrogen) atoms. The number of carboxylic acid groups (broad SMARTS) is 1. The Hall–Kier alpha value is -1.82. The number of nitrogens with zero attached hydrogens (tertiary/aromatic N) is 1. The summed E-state index contributed by atoms with van der Waals surface area (Å²) in [6.07, 6.45) is 0.433. The van der Waals surface area contributed by atoms with E-state index in [2.05, 4.69) is 0 Å². The van der Waals surface area contributed by atoms with E-state index < -0.39 is 11.4 Å². The van der Waals surface area contributed by atoms with Crippen LogP contribution >= 0.6 is 0 Å². The second-order valence-electron chi connectivity index (χ2n) is 3.56. The third-order valence-corrected chi connectivity index (χ3v) is 2.74. The molecule has 1 aromatic carbocycles. The van der Waals surface area contributed by atoms with Gasteiger partial charge in [0.15, 0.2) is 5.41 Å². The first-order valence-electron chi connectivity index (χ1n) is 4.40. The van der Waals surface area contributed by atoms with E-state index in [0.29, 0.717) is 6.42 Å². The molecule has 0 radical (unpaired) electrons. The molecule has 1 saturated carbocycles. The second kappa shape index (κ2) is 2.85. The Bertz CT molecular complexity index is 407. The number of rotatable bonds is 2. The van der Waals surface area contributed by atoms with E-state index in [-0.39, 0.29) is 5.92 Å². The monoisotopic (exact) mass is 187 g/mol. The van der Waals surface area contributed by atoms with Gasteiger partial charge in [0.05, 0.1) is 6.07 Å². The molecule has 1 N–H and O–H groups in total. The van der Waals surface area contributed by atoms with Crippen LogP contribution in [0.3, 0.4) is 0 Å². The first-order valence-corrected chi connectivity index (χ1v) is 4.40. The zero-order valence-electron chi connectivity index (χ0n) is 7.47. The largest absolute Gasteiger partial charge is 0.480 e. The molecule has 1 fully saturated rings. The van der Waals surface area contributed by atoms with Crippen LogP contribution in [0.5, 0.6) is 0 Å². The van der Waals surface area contributed by atoms with Crippen molar-refractivity contribution in [3.8, 4) is 6.07 Å². The molecule has 1 aromatic rings. The summed E-state index contributed by atoms with van der Waals surface area (Å²) in [7, 11) is 0. The van der Waals surface area contributed by atoms with Crippen LogP contribution in [0.2, 0.25) is 0 Å². The van der Waals surface area contributed by atoms with Gasteiger partial charge in [0.2, 0.25) is 0 Å². The van der Waals surface area contributed by atoms with Crippen molar-refractivity contribution in [2.75, 3.05) is 0 Å². The Morgan fingerprint density at radius 3 is 2.57 bits per heavy atom. The molecule has 0 bridgehead atoms. The normalized spacial score (nSPS) is 29.2. The molecule has 0 saturated heterocycles. The lowest BCUT2D eigenvalue weighted by atomic mass is 10.0. The summed E-state index contributed by atoms with van der Waals surface area (Å²) < 4.78 is 0. The quantitative estimate of drug-likeness (QED) is 0.767. The highest BCUT2D eigenvalue weighted by Crippen LogP contribution is 2.58. The maximum Gasteiger partial charge on any atom is 0.324 e. The predicted octanol–water partition coefficient (Wildman–Crippen LogP) is 1.77. The van der Waals surface area contributed by atoms with Gasteiger partial charge in [0.1, 0.15) is 0 Å². The molecule has 0 aliphatic heterocycles. The van der Waals surface area contributed by atoms with Crippen LogP contribution in [0.25, 0.3) is 0 Å². The van der Waals surface area contributed by atoms with E-state index in [0.717, 1.165) is 5.56 Å². The van der Waals surface area contributed by atoms with Gasteiger partial charge in [0, 0.05) is 5.92 Å². The Morgan fingerprint density at radius 2 is 2.14 bits per heavy atom. The first-order chi connectivity index (χ1) is 6.70. The molecular formula is C11H9NO2. The van der Waals surface area contributed by atoms with Gasteiger partial charge < -0.3 is 5.11 Å². The zero-order chi connectivity index (χ0) is 10.2. The van der Waals surface area contributed by atoms with Gasteiger partial charge in [-0.2, -0.15) is 5.26 Å². The summed E-state index contributed by atoms with van der Waals surface area (Å²) >= 11 is 0. The summed E-state index contributed by atoms with van der Waals surface area (Å²) in [5.41, 5.74) is -0.224. The van der Waals surface area contributed by atoms with E-state index in [1.54, 1.807) is 0 Å². The lowest BCUT2D eigenvalue weighted by Crippen LogP contribution is -2.14. The zero-order valence-corrected chi connectivity index (χ0v) is 7.47. The Kier molecular flexibility index (Phi) is 1.78. The molecule has 3 nitrogen and oxygen atoms in total. The molecule has 0 aromatic heterocycles. The lowest BCUT2D eigenvalue weighted by molar-refractivity contribution is -0.141. The van der Waals surface area contributed by atoms with Crippen molar-refractivity contribution in [1.82, 2.24) is 0 Å². The van der Waals surface area contributed by atoms with Gasteiger partial charge in [0.25, 0.3) is 0 Å². The predicted molar refractivity (Wildman–Crippen MR) is 49.5 cm³/mol. The number of hydrogen-bond acceptors (Lipinski definition) is 2. The fraction of sp³-hybridized carbons (Fsp3) is 0.273. The van der Waals surface area contributed by atoms with Crippen molar-refractivity contribution in [2.45, 2.75) is 12.3 Å². The van der Waals surface area contributed by atoms with Crippen molar-refractivity contribution in [2.24, 2.45) is 5.41 Å². The average Bonchev–Trinajstić information content (AvgIpc) is 2.95. The Morgan fingerprint density at radius 1 is 1.50 bits per heavy atom. The fourth-order valence-corrected chi connectivity index (χ4v) is 1.76.